The van der Waals surface area contributed by atoms with E-state index in [4.69, 9.17) is 11.6 Å². The number of para-hydroxylation sites is 1. The Labute approximate surface area is 206 Å². The molecule has 33 heavy (non-hydrogen) atoms. The number of thiophene rings is 1. The van der Waals surface area contributed by atoms with Crippen LogP contribution in [-0.2, 0) is 11.3 Å². The topological polar surface area (TPSA) is 90.5 Å². The molecule has 0 aliphatic carbocycles. The van der Waals surface area contributed by atoms with Crippen molar-refractivity contribution < 1.29 is 14.4 Å². The monoisotopic (exact) mass is 504 g/mol. The Kier molecular flexibility index (Phi) is 8.46. The van der Waals surface area contributed by atoms with Crippen LogP contribution in [0.1, 0.15) is 25.6 Å². The second-order valence-electron chi connectivity index (χ2n) is 7.17. The third-order valence-electron chi connectivity index (χ3n) is 5.03. The number of halogens is 2. The lowest BCUT2D eigenvalue weighted by atomic mass is 10.1. The maximum absolute atomic E-state index is 12.8. The van der Waals surface area contributed by atoms with Crippen molar-refractivity contribution in [3.05, 3.63) is 81.0 Å². The predicted molar refractivity (Wildman–Crippen MR) is 134 cm³/mol. The van der Waals surface area contributed by atoms with Gasteiger partial charge in [-0.25, -0.2) is 0 Å². The molecule has 3 aromatic rings. The largest absolute Gasteiger partial charge is 0.347 e. The molecule has 2 heterocycles. The number of carbonyl (C=O) groups is 3. The third-order valence-corrected chi connectivity index (χ3v) is 6.26. The summed E-state index contributed by atoms with van der Waals surface area (Å²) < 4.78 is 0.551. The van der Waals surface area contributed by atoms with Crippen molar-refractivity contribution in [1.82, 2.24) is 10.6 Å². The Morgan fingerprint density at radius 2 is 1.79 bits per heavy atom. The van der Waals surface area contributed by atoms with Gasteiger partial charge in [-0.3, -0.25) is 14.4 Å². The summed E-state index contributed by atoms with van der Waals surface area (Å²) in [6.45, 7) is 1.91. The van der Waals surface area contributed by atoms with Gasteiger partial charge in [0.2, 0.25) is 5.91 Å². The maximum atomic E-state index is 12.8. The van der Waals surface area contributed by atoms with Crippen LogP contribution in [0, 0.1) is 0 Å². The molecule has 0 spiro atoms. The van der Waals surface area contributed by atoms with Crippen molar-refractivity contribution in [2.45, 2.75) is 6.54 Å². The van der Waals surface area contributed by atoms with Crippen LogP contribution in [0.15, 0.2) is 60.7 Å². The lowest BCUT2D eigenvalue weighted by molar-refractivity contribution is -0.118. The molecule has 0 unspecified atom stereocenters. The van der Waals surface area contributed by atoms with Gasteiger partial charge < -0.3 is 20.9 Å². The first-order chi connectivity index (χ1) is 15.5. The molecule has 1 aliphatic heterocycles. The highest BCUT2D eigenvalue weighted by Crippen LogP contribution is 2.22. The maximum Gasteiger partial charge on any atom is 0.261 e. The highest BCUT2D eigenvalue weighted by atomic mass is 35.5. The Hall–Kier alpha value is -2.91. The molecule has 1 saturated heterocycles. The SMILES string of the molecule is Cl.O=C(Nc1ccccc1CNC(=O)c1ccc(Cl)s1)c1ccc(N2CCNCC2=O)cc1. The third kappa shape index (κ3) is 6.11. The molecule has 0 radical (unpaired) electrons. The molecule has 10 heteroatoms. The van der Waals surface area contributed by atoms with Crippen LogP contribution in [0.4, 0.5) is 11.4 Å². The summed E-state index contributed by atoms with van der Waals surface area (Å²) >= 11 is 7.10. The van der Waals surface area contributed by atoms with Crippen LogP contribution in [-0.4, -0.2) is 37.4 Å². The van der Waals surface area contributed by atoms with E-state index in [1.807, 2.05) is 18.2 Å². The van der Waals surface area contributed by atoms with Gasteiger partial charge in [-0.2, -0.15) is 0 Å². The van der Waals surface area contributed by atoms with Crippen molar-refractivity contribution in [2.75, 3.05) is 29.9 Å². The fourth-order valence-corrected chi connectivity index (χ4v) is 4.32. The number of piperazine rings is 1. The fraction of sp³-hybridized carbons (Fsp3) is 0.174. The first-order valence-electron chi connectivity index (χ1n) is 10.1. The van der Waals surface area contributed by atoms with Crippen molar-refractivity contribution in [2.24, 2.45) is 0 Å². The molecule has 1 aliphatic rings. The molecular weight excluding hydrogens is 483 g/mol. The van der Waals surface area contributed by atoms with E-state index < -0.39 is 0 Å². The Morgan fingerprint density at radius 1 is 1.03 bits per heavy atom. The van der Waals surface area contributed by atoms with Crippen LogP contribution >= 0.6 is 35.3 Å². The van der Waals surface area contributed by atoms with Crippen molar-refractivity contribution in [1.29, 1.82) is 0 Å². The highest BCUT2D eigenvalue weighted by molar-refractivity contribution is 7.18. The average Bonchev–Trinajstić information content (AvgIpc) is 3.25. The van der Waals surface area contributed by atoms with Crippen LogP contribution in [0.2, 0.25) is 4.34 Å². The molecule has 1 fully saturated rings. The molecular formula is C23H22Cl2N4O3S. The molecule has 4 rings (SSSR count). The number of benzene rings is 2. The molecule has 172 valence electrons. The molecule has 0 bridgehead atoms. The summed E-state index contributed by atoms with van der Waals surface area (Å²) in [7, 11) is 0. The number of anilines is 2. The molecule has 2 aromatic carbocycles. The number of rotatable bonds is 6. The zero-order valence-corrected chi connectivity index (χ0v) is 19.9. The summed E-state index contributed by atoms with van der Waals surface area (Å²) in [6, 6.07) is 17.6. The standard InChI is InChI=1S/C23H21ClN4O3S.ClH/c24-20-10-9-19(32-20)23(31)26-13-16-3-1-2-4-18(16)27-22(30)15-5-7-17(8-6-15)28-12-11-25-14-21(28)29;/h1-10,25H,11-14H2,(H,26,31)(H,27,30);1H. The van der Waals surface area contributed by atoms with Gasteiger partial charge in [0.15, 0.2) is 0 Å². The van der Waals surface area contributed by atoms with Gasteiger partial charge in [0.05, 0.1) is 15.8 Å². The van der Waals surface area contributed by atoms with Gasteiger partial charge in [-0.1, -0.05) is 29.8 Å². The summed E-state index contributed by atoms with van der Waals surface area (Å²) in [6.07, 6.45) is 0. The number of hydrogen-bond donors (Lipinski definition) is 3. The zero-order chi connectivity index (χ0) is 22.5. The van der Waals surface area contributed by atoms with E-state index in [1.54, 1.807) is 47.4 Å². The lowest BCUT2D eigenvalue weighted by Gasteiger charge is -2.27. The van der Waals surface area contributed by atoms with E-state index in [0.29, 0.717) is 33.6 Å². The van der Waals surface area contributed by atoms with Gasteiger partial charge in [-0.15, -0.1) is 23.7 Å². The van der Waals surface area contributed by atoms with Gasteiger partial charge in [-0.05, 0) is 48.0 Å². The Morgan fingerprint density at radius 3 is 2.48 bits per heavy atom. The smallest absolute Gasteiger partial charge is 0.261 e. The molecule has 0 atom stereocenters. The van der Waals surface area contributed by atoms with Crippen LogP contribution in [0.3, 0.4) is 0 Å². The predicted octanol–water partition coefficient (Wildman–Crippen LogP) is 3.94. The summed E-state index contributed by atoms with van der Waals surface area (Å²) in [5.74, 6) is -0.484. The fourth-order valence-electron chi connectivity index (χ4n) is 3.36. The van der Waals surface area contributed by atoms with Gasteiger partial charge in [0.25, 0.3) is 11.8 Å². The minimum atomic E-state index is -0.271. The highest BCUT2D eigenvalue weighted by Gasteiger charge is 2.19. The first-order valence-corrected chi connectivity index (χ1v) is 11.2. The summed E-state index contributed by atoms with van der Waals surface area (Å²) in [5, 5.41) is 8.79. The average molecular weight is 505 g/mol. The van der Waals surface area contributed by atoms with E-state index in [9.17, 15) is 14.4 Å². The van der Waals surface area contributed by atoms with Crippen molar-refractivity contribution in [3.63, 3.8) is 0 Å². The van der Waals surface area contributed by atoms with E-state index in [0.717, 1.165) is 17.8 Å². The normalized spacial score (nSPS) is 13.2. The first kappa shape index (κ1) is 24.7. The van der Waals surface area contributed by atoms with Gasteiger partial charge in [0.1, 0.15) is 0 Å². The number of hydrogen-bond acceptors (Lipinski definition) is 5. The summed E-state index contributed by atoms with van der Waals surface area (Å²) in [5.41, 5.74) is 2.64. The van der Waals surface area contributed by atoms with E-state index in [-0.39, 0.29) is 36.7 Å². The number of amides is 3. The van der Waals surface area contributed by atoms with Crippen LogP contribution < -0.4 is 20.9 Å². The number of nitrogens with zero attached hydrogens (tertiary/aromatic N) is 1. The minimum Gasteiger partial charge on any atom is -0.347 e. The van der Waals surface area contributed by atoms with Crippen LogP contribution in [0.5, 0.6) is 0 Å². The van der Waals surface area contributed by atoms with Crippen LogP contribution in [0.25, 0.3) is 0 Å². The molecule has 3 N–H and O–H groups in total. The van der Waals surface area contributed by atoms with E-state index >= 15 is 0 Å². The Bertz CT molecular complexity index is 1150. The van der Waals surface area contributed by atoms with Crippen molar-refractivity contribution in [3.8, 4) is 0 Å². The van der Waals surface area contributed by atoms with E-state index in [1.165, 1.54) is 11.3 Å². The quantitative estimate of drug-likeness (QED) is 0.474. The molecule has 1 aromatic heterocycles. The minimum absolute atomic E-state index is 0. The summed E-state index contributed by atoms with van der Waals surface area (Å²) in [4.78, 5) is 39.3. The molecule has 7 nitrogen and oxygen atoms in total. The van der Waals surface area contributed by atoms with E-state index in [2.05, 4.69) is 16.0 Å². The molecule has 0 saturated carbocycles. The Balaban J connectivity index is 0.00000306. The second-order valence-corrected chi connectivity index (χ2v) is 8.88. The zero-order valence-electron chi connectivity index (χ0n) is 17.5. The van der Waals surface area contributed by atoms with Gasteiger partial charge >= 0.3 is 0 Å². The number of carbonyl (C=O) groups excluding carboxylic acids is 3. The van der Waals surface area contributed by atoms with Gasteiger partial charge in [0, 0.05) is 36.6 Å². The number of nitrogens with one attached hydrogen (secondary N) is 3. The van der Waals surface area contributed by atoms with Crippen molar-refractivity contribution >= 4 is 64.4 Å². The second kappa shape index (κ2) is 11.3. The molecule has 3 amide bonds. The lowest BCUT2D eigenvalue weighted by Crippen LogP contribution is -2.48.